The van der Waals surface area contributed by atoms with Crippen LogP contribution in [0.15, 0.2) is 24.3 Å². The molecule has 1 heterocycles. The van der Waals surface area contributed by atoms with Crippen LogP contribution in [0.2, 0.25) is 0 Å². The number of ether oxygens (including phenoxy) is 2. The number of nitrogens with zero attached hydrogens (tertiary/aromatic N) is 2. The molecule has 0 radical (unpaired) electrons. The van der Waals surface area contributed by atoms with Gasteiger partial charge >= 0.3 is 0 Å². The smallest absolute Gasteiger partial charge is 0.222 e. The summed E-state index contributed by atoms with van der Waals surface area (Å²) in [6.45, 7) is 4.73. The van der Waals surface area contributed by atoms with E-state index in [4.69, 9.17) is 9.47 Å². The maximum absolute atomic E-state index is 6.03. The van der Waals surface area contributed by atoms with Gasteiger partial charge in [-0.3, -0.25) is 0 Å². The molecule has 108 valence electrons. The highest BCUT2D eigenvalue weighted by atomic mass is 79.9. The van der Waals surface area contributed by atoms with Crippen LogP contribution in [0.25, 0.3) is 0 Å². The van der Waals surface area contributed by atoms with Crippen LogP contribution in [0.4, 0.5) is 0 Å². The molecule has 5 heteroatoms. The van der Waals surface area contributed by atoms with Crippen LogP contribution in [0.1, 0.15) is 24.6 Å². The van der Waals surface area contributed by atoms with Crippen molar-refractivity contribution in [3.8, 4) is 17.4 Å². The van der Waals surface area contributed by atoms with Crippen LogP contribution in [0, 0.1) is 6.92 Å². The Bertz CT molecular complexity index is 581. The van der Waals surface area contributed by atoms with Gasteiger partial charge < -0.3 is 9.47 Å². The predicted molar refractivity (Wildman–Crippen MR) is 82.9 cm³/mol. The maximum Gasteiger partial charge on any atom is 0.222 e. The molecule has 0 N–H and O–H groups in total. The van der Waals surface area contributed by atoms with E-state index in [1.165, 1.54) is 0 Å². The van der Waals surface area contributed by atoms with Gasteiger partial charge in [0.15, 0.2) is 11.5 Å². The van der Waals surface area contributed by atoms with Gasteiger partial charge in [0.2, 0.25) is 5.88 Å². The summed E-state index contributed by atoms with van der Waals surface area (Å²) >= 11 is 3.48. The molecule has 0 aliphatic heterocycles. The van der Waals surface area contributed by atoms with Gasteiger partial charge in [0.05, 0.1) is 12.3 Å². The van der Waals surface area contributed by atoms with Gasteiger partial charge in [-0.05, 0) is 25.5 Å². The van der Waals surface area contributed by atoms with E-state index < -0.39 is 0 Å². The zero-order valence-electron chi connectivity index (χ0n) is 12.0. The number of para-hydroxylation sites is 2. The normalized spacial score (nSPS) is 10.6. The molecule has 4 nitrogen and oxygen atoms in total. The van der Waals surface area contributed by atoms with Crippen molar-refractivity contribution in [1.29, 1.82) is 0 Å². The standard InChI is InChI=1S/C15H19BrN2O2/c1-4-9-19-13-7-5-6-8-14(13)20-15-12(10-16)11(2)17-18(15)3/h5-8H,4,9-10H2,1-3H3. The maximum atomic E-state index is 6.03. The number of aromatic nitrogens is 2. The molecule has 0 atom stereocenters. The van der Waals surface area contributed by atoms with Crippen molar-refractivity contribution in [1.82, 2.24) is 9.78 Å². The third-order valence-corrected chi connectivity index (χ3v) is 3.50. The fourth-order valence-electron chi connectivity index (χ4n) is 1.93. The van der Waals surface area contributed by atoms with Crippen LogP contribution < -0.4 is 9.47 Å². The second-order valence-electron chi connectivity index (χ2n) is 4.52. The van der Waals surface area contributed by atoms with E-state index in [1.807, 2.05) is 38.2 Å². The SMILES string of the molecule is CCCOc1ccccc1Oc1c(CBr)c(C)nn1C. The molecule has 0 saturated heterocycles. The molecule has 0 fully saturated rings. The Balaban J connectivity index is 2.30. The molecule has 2 aromatic rings. The molecule has 0 unspecified atom stereocenters. The first kappa shape index (κ1) is 14.9. The fourth-order valence-corrected chi connectivity index (χ4v) is 2.58. The fraction of sp³-hybridized carbons (Fsp3) is 0.400. The highest BCUT2D eigenvalue weighted by Crippen LogP contribution is 2.34. The van der Waals surface area contributed by atoms with Crippen molar-refractivity contribution in [2.45, 2.75) is 25.6 Å². The van der Waals surface area contributed by atoms with Gasteiger partial charge in [0, 0.05) is 17.9 Å². The van der Waals surface area contributed by atoms with Crippen LogP contribution in [-0.2, 0) is 12.4 Å². The van der Waals surface area contributed by atoms with Crippen molar-refractivity contribution in [3.05, 3.63) is 35.5 Å². The molecule has 20 heavy (non-hydrogen) atoms. The minimum absolute atomic E-state index is 0.677. The Morgan fingerprint density at radius 3 is 2.60 bits per heavy atom. The van der Waals surface area contributed by atoms with Crippen molar-refractivity contribution in [2.24, 2.45) is 7.05 Å². The Morgan fingerprint density at radius 2 is 1.95 bits per heavy atom. The summed E-state index contributed by atoms with van der Waals surface area (Å²) in [4.78, 5) is 0. The van der Waals surface area contributed by atoms with E-state index in [-0.39, 0.29) is 0 Å². The first-order chi connectivity index (χ1) is 9.67. The van der Waals surface area contributed by atoms with Crippen molar-refractivity contribution < 1.29 is 9.47 Å². The first-order valence-corrected chi connectivity index (χ1v) is 7.77. The topological polar surface area (TPSA) is 36.3 Å². The van der Waals surface area contributed by atoms with Crippen molar-refractivity contribution in [3.63, 3.8) is 0 Å². The minimum atomic E-state index is 0.677. The van der Waals surface area contributed by atoms with Gasteiger partial charge in [0.25, 0.3) is 0 Å². The summed E-state index contributed by atoms with van der Waals surface area (Å²) in [5.74, 6) is 2.21. The van der Waals surface area contributed by atoms with E-state index in [0.29, 0.717) is 17.7 Å². The Kier molecular flexibility index (Phi) is 5.06. The van der Waals surface area contributed by atoms with Crippen LogP contribution >= 0.6 is 15.9 Å². The van der Waals surface area contributed by atoms with E-state index in [0.717, 1.165) is 29.3 Å². The third-order valence-electron chi connectivity index (χ3n) is 2.94. The zero-order valence-corrected chi connectivity index (χ0v) is 13.6. The third kappa shape index (κ3) is 3.15. The average molecular weight is 339 g/mol. The Morgan fingerprint density at radius 1 is 1.25 bits per heavy atom. The van der Waals surface area contributed by atoms with Gasteiger partial charge in [0.1, 0.15) is 0 Å². The number of aryl methyl sites for hydroxylation is 2. The summed E-state index contributed by atoms with van der Waals surface area (Å²) < 4.78 is 13.5. The number of rotatable bonds is 6. The lowest BCUT2D eigenvalue weighted by Gasteiger charge is -2.12. The quantitative estimate of drug-likeness (QED) is 0.740. The van der Waals surface area contributed by atoms with Crippen LogP contribution in [0.3, 0.4) is 0 Å². The first-order valence-electron chi connectivity index (χ1n) is 6.65. The highest BCUT2D eigenvalue weighted by molar-refractivity contribution is 9.08. The number of benzene rings is 1. The lowest BCUT2D eigenvalue weighted by molar-refractivity contribution is 0.298. The molecule has 0 bridgehead atoms. The predicted octanol–water partition coefficient (Wildman–Crippen LogP) is 4.20. The molecule has 0 amide bonds. The number of hydrogen-bond acceptors (Lipinski definition) is 3. The Hall–Kier alpha value is -1.49. The molecule has 2 rings (SSSR count). The van der Waals surface area contributed by atoms with Gasteiger partial charge in [-0.2, -0.15) is 5.10 Å². The van der Waals surface area contributed by atoms with Gasteiger partial charge in [-0.25, -0.2) is 4.68 Å². The molecule has 0 spiro atoms. The van der Waals surface area contributed by atoms with Gasteiger partial charge in [-0.1, -0.05) is 35.0 Å². The lowest BCUT2D eigenvalue weighted by Crippen LogP contribution is -2.00. The number of hydrogen-bond donors (Lipinski definition) is 0. The minimum Gasteiger partial charge on any atom is -0.490 e. The van der Waals surface area contributed by atoms with Crippen molar-refractivity contribution >= 4 is 15.9 Å². The lowest BCUT2D eigenvalue weighted by atomic mass is 10.3. The molecule has 0 aliphatic rings. The zero-order chi connectivity index (χ0) is 14.5. The summed E-state index contributed by atoms with van der Waals surface area (Å²) in [5, 5.41) is 5.10. The molecular formula is C15H19BrN2O2. The monoisotopic (exact) mass is 338 g/mol. The molecule has 0 aliphatic carbocycles. The van der Waals surface area contributed by atoms with Crippen LogP contribution in [0.5, 0.6) is 17.4 Å². The van der Waals surface area contributed by atoms with E-state index in [1.54, 1.807) is 4.68 Å². The molecule has 0 saturated carbocycles. The van der Waals surface area contributed by atoms with Crippen molar-refractivity contribution in [2.75, 3.05) is 6.61 Å². The van der Waals surface area contributed by atoms with E-state index in [9.17, 15) is 0 Å². The number of alkyl halides is 1. The summed E-state index contributed by atoms with van der Waals surface area (Å²) in [6.07, 6.45) is 0.964. The van der Waals surface area contributed by atoms with Gasteiger partial charge in [-0.15, -0.1) is 0 Å². The summed E-state index contributed by atoms with van der Waals surface area (Å²) in [5.41, 5.74) is 2.02. The summed E-state index contributed by atoms with van der Waals surface area (Å²) in [7, 11) is 1.88. The molecule has 1 aromatic carbocycles. The summed E-state index contributed by atoms with van der Waals surface area (Å²) in [6, 6.07) is 7.70. The second kappa shape index (κ2) is 6.79. The van der Waals surface area contributed by atoms with E-state index >= 15 is 0 Å². The second-order valence-corrected chi connectivity index (χ2v) is 5.08. The van der Waals surface area contributed by atoms with Crippen LogP contribution in [-0.4, -0.2) is 16.4 Å². The number of halogens is 1. The van der Waals surface area contributed by atoms with E-state index in [2.05, 4.69) is 28.0 Å². The average Bonchev–Trinajstić information content (AvgIpc) is 2.71. The molecular weight excluding hydrogens is 320 g/mol. The highest BCUT2D eigenvalue weighted by Gasteiger charge is 2.16. The Labute approximate surface area is 127 Å². The molecule has 1 aromatic heterocycles. The largest absolute Gasteiger partial charge is 0.490 e.